The maximum absolute atomic E-state index is 13.6. The molecule has 5 rings (SSSR count). The number of carbonyl (C=O) groups excluding carboxylic acids is 9. The fraction of sp³-hybridized carbons (Fsp3) is 0.537. The maximum Gasteiger partial charge on any atom is 0.326 e. The largest absolute Gasteiger partial charge is 0.480 e. The summed E-state index contributed by atoms with van der Waals surface area (Å²) < 4.78 is 51.8. The van der Waals surface area contributed by atoms with Gasteiger partial charge in [-0.15, -0.1) is 0 Å². The van der Waals surface area contributed by atoms with Crippen molar-refractivity contribution in [1.29, 1.82) is 0 Å². The smallest absolute Gasteiger partial charge is 0.326 e. The van der Waals surface area contributed by atoms with E-state index in [0.717, 1.165) is 5.69 Å². The van der Waals surface area contributed by atoms with E-state index in [-0.39, 0.29) is 199 Å². The van der Waals surface area contributed by atoms with Crippen LogP contribution in [0.3, 0.4) is 0 Å². The Bertz CT molecular complexity index is 4250. The number of nitrogens with zero attached hydrogens (tertiary/aromatic N) is 8. The van der Waals surface area contributed by atoms with Crippen LogP contribution in [-0.2, 0) is 81.7 Å². The van der Waals surface area contributed by atoms with Gasteiger partial charge in [0, 0.05) is 134 Å². The molecule has 1 heterocycles. The first-order chi connectivity index (χ1) is 60.2. The molecule has 4 aromatic rings. The number of guanidine groups is 1. The van der Waals surface area contributed by atoms with E-state index in [0.29, 0.717) is 48.3 Å². The molecule has 1 aliphatic rings. The van der Waals surface area contributed by atoms with Gasteiger partial charge in [-0.3, -0.25) is 82.1 Å². The molecule has 0 aliphatic carbocycles. The molecule has 9 amide bonds. The number of azo groups is 1. The zero-order valence-electron chi connectivity index (χ0n) is 71.6. The predicted octanol–water partition coefficient (Wildman–Crippen LogP) is -0.517. The fourth-order valence-electron chi connectivity index (χ4n) is 12.4. The van der Waals surface area contributed by atoms with Crippen LogP contribution in [0.5, 0.6) is 0 Å². The number of carboxylic acids is 4. The van der Waals surface area contributed by atoms with E-state index >= 15 is 0 Å². The zero-order chi connectivity index (χ0) is 92.2. The Kier molecular flexibility index (Phi) is 48.6. The van der Waals surface area contributed by atoms with Gasteiger partial charge in [0.1, 0.15) is 31.3 Å². The summed E-state index contributed by atoms with van der Waals surface area (Å²) in [6.45, 7) is 3.25. The van der Waals surface area contributed by atoms with E-state index in [9.17, 15) is 91.2 Å². The van der Waals surface area contributed by atoms with Gasteiger partial charge in [-0.1, -0.05) is 32.0 Å². The minimum absolute atomic E-state index is 0.0127. The third kappa shape index (κ3) is 44.7. The van der Waals surface area contributed by atoms with Crippen LogP contribution in [0.25, 0.3) is 0 Å². The standard InChI is InChI=1S/C82H122N20O23S/c1-57(2)76(97-126(120,121)65-28-24-62(25-29-65)96-95-61-22-26-64(27-23-61)98(3)4)80(117)87-31-10-8-15-63(91-72(107)56-125-48-46-123-44-34-88-77(114)59-18-20-60(21-19-59)92-79(116)66(17-12-32-89-82(83)84)94-78(115)58-13-6-5-7-14-58)49-68(103)86-33-43-122-45-47-124-55-71(106)90-50-69(104)93-67(81(118)119)16-9-11-30-85-70(105)51-99-35-37-100(52-73(108)109)39-41-102(54-75(112)113)42-40-101(38-36-99)53-74(110)111/h5-7,13-14,18-29,57,63,66-67,76,97H,8-12,15-17,30-56H2,1-4H3,(H,85,105)(H,86,103)(H,87,117)(H,88,114)(H,90,106)(H,91,107)(H,92,116)(H,93,104)(H,94,115)(H,108,109)(H,110,111)(H,112,113)(H,118,119)(H4,83,84,89)/t63-,66?,67-,76-/m0/s1. The van der Waals surface area contributed by atoms with Crippen LogP contribution < -0.4 is 68.9 Å². The van der Waals surface area contributed by atoms with Gasteiger partial charge < -0.3 is 104 Å². The van der Waals surface area contributed by atoms with E-state index in [1.54, 1.807) is 88.0 Å². The number of aliphatic imine (C=N–C) groups is 1. The van der Waals surface area contributed by atoms with Gasteiger partial charge in [-0.2, -0.15) is 15.0 Å². The summed E-state index contributed by atoms with van der Waals surface area (Å²) in [5, 5.41) is 70.8. The van der Waals surface area contributed by atoms with E-state index in [4.69, 9.17) is 30.4 Å². The summed E-state index contributed by atoms with van der Waals surface area (Å²) in [4.78, 5) is 177. The lowest BCUT2D eigenvalue weighted by molar-refractivity contribution is -0.142. The number of carbonyl (C=O) groups is 13. The summed E-state index contributed by atoms with van der Waals surface area (Å²) in [5.74, 6) is -9.98. The van der Waals surface area contributed by atoms with Crippen LogP contribution in [-0.4, -0.2) is 340 Å². The number of amides is 9. The Morgan fingerprint density at radius 1 is 0.468 bits per heavy atom. The first kappa shape index (κ1) is 105. The predicted molar refractivity (Wildman–Crippen MR) is 463 cm³/mol. The summed E-state index contributed by atoms with van der Waals surface area (Å²) in [7, 11) is -0.357. The molecular formula is C82H122N20O23S. The Hall–Kier alpha value is -11.8. The normalized spacial score (nSPS) is 14.1. The van der Waals surface area contributed by atoms with Gasteiger partial charge >= 0.3 is 23.9 Å². The van der Waals surface area contributed by atoms with E-state index < -0.39 is 137 Å². The second kappa shape index (κ2) is 58.4. The number of rotatable bonds is 58. The number of hydrogen-bond acceptors (Lipinski definition) is 27. The van der Waals surface area contributed by atoms with Gasteiger partial charge in [0.05, 0.1) is 88.6 Å². The number of nitrogens with one attached hydrogen (secondary N) is 10. The lowest BCUT2D eigenvalue weighted by Gasteiger charge is -2.32. The zero-order valence-corrected chi connectivity index (χ0v) is 72.5. The second-order valence-corrected chi connectivity index (χ2v) is 31.6. The van der Waals surface area contributed by atoms with Crippen molar-refractivity contribution in [2.75, 3.05) is 195 Å². The van der Waals surface area contributed by atoms with Gasteiger partial charge in [0.2, 0.25) is 51.4 Å². The maximum atomic E-state index is 13.6. The third-order valence-electron chi connectivity index (χ3n) is 19.1. The number of sulfonamides is 1. The Labute approximate surface area is 732 Å². The van der Waals surface area contributed by atoms with E-state index in [1.165, 1.54) is 36.4 Å². The van der Waals surface area contributed by atoms with Crippen molar-refractivity contribution in [3.05, 3.63) is 114 Å². The number of unbranched alkanes of at least 4 members (excludes halogenated alkanes) is 2. The highest BCUT2D eigenvalue weighted by Gasteiger charge is 2.30. The minimum atomic E-state index is -4.19. The van der Waals surface area contributed by atoms with Crippen molar-refractivity contribution >= 4 is 116 Å². The number of carboxylic acid groups (broad SMARTS) is 4. The monoisotopic (exact) mass is 1790 g/mol. The molecule has 0 bridgehead atoms. The van der Waals surface area contributed by atoms with Gasteiger partial charge in [-0.05, 0) is 142 Å². The first-order valence-electron chi connectivity index (χ1n) is 41.4. The number of nitrogens with two attached hydrogens (primary N) is 2. The molecule has 1 unspecified atom stereocenters. The molecule has 0 aromatic heterocycles. The van der Waals surface area contributed by atoms with E-state index in [2.05, 4.69) is 67.8 Å². The number of anilines is 2. The highest BCUT2D eigenvalue weighted by Crippen LogP contribution is 2.24. The van der Waals surface area contributed by atoms with Crippen LogP contribution in [0, 0.1) is 5.92 Å². The van der Waals surface area contributed by atoms with Crippen LogP contribution in [0.15, 0.2) is 123 Å². The Balaban J connectivity index is 1.02. The first-order valence-corrected chi connectivity index (χ1v) is 42.9. The SMILES string of the molecule is CC(C)[C@H](NS(=O)(=O)c1ccc(N=Nc2ccc(N(C)C)cc2)cc1)C(=O)NCCCC[C@@H](CC(=O)NCCOCCOCC(=O)NCC(=O)N[C@@H](CCCCNC(=O)CN1CCN(CC(=O)O)CCN(CC(=O)O)CCN(CC(=O)O)CC1)C(=O)O)NC(=O)COCCOCCNC(=O)c1ccc(NC(=O)C(CCCN=C(N)N)NC(=O)c2ccccc2)cc1. The van der Waals surface area contributed by atoms with Crippen LogP contribution in [0.2, 0.25) is 0 Å². The van der Waals surface area contributed by atoms with Crippen molar-refractivity contribution in [3.8, 4) is 0 Å². The average Bonchev–Trinajstić information content (AvgIpc) is 0.819. The molecule has 18 N–H and O–H groups in total. The van der Waals surface area contributed by atoms with Crippen molar-refractivity contribution in [2.24, 2.45) is 32.6 Å². The summed E-state index contributed by atoms with van der Waals surface area (Å²) in [5.41, 5.74) is 13.9. The molecule has 4 aromatic carbocycles. The third-order valence-corrected chi connectivity index (χ3v) is 20.6. The molecule has 1 fully saturated rings. The van der Waals surface area contributed by atoms with Gasteiger partial charge in [-0.25, -0.2) is 13.2 Å². The summed E-state index contributed by atoms with van der Waals surface area (Å²) in [6.07, 6.45) is 2.02. The molecule has 43 nitrogen and oxygen atoms in total. The average molecular weight is 1790 g/mol. The minimum Gasteiger partial charge on any atom is -0.480 e. The molecule has 0 spiro atoms. The summed E-state index contributed by atoms with van der Waals surface area (Å²) >= 11 is 0. The molecule has 1 aliphatic heterocycles. The van der Waals surface area contributed by atoms with Crippen molar-refractivity contribution in [1.82, 2.24) is 66.9 Å². The lowest BCUT2D eigenvalue weighted by Crippen LogP contribution is -2.49. The number of benzene rings is 4. The molecule has 4 atom stereocenters. The number of hydrogen-bond donors (Lipinski definition) is 16. The molecule has 126 heavy (non-hydrogen) atoms. The van der Waals surface area contributed by atoms with Crippen LogP contribution in [0.1, 0.15) is 92.4 Å². The topological polar surface area (TPSA) is 600 Å². The van der Waals surface area contributed by atoms with Crippen molar-refractivity contribution in [3.63, 3.8) is 0 Å². The van der Waals surface area contributed by atoms with Gasteiger partial charge in [0.25, 0.3) is 11.8 Å². The molecule has 694 valence electrons. The molecule has 0 saturated carbocycles. The lowest BCUT2D eigenvalue weighted by atomic mass is 10.0. The molecule has 0 radical (unpaired) electrons. The fourth-order valence-corrected chi connectivity index (χ4v) is 13.7. The van der Waals surface area contributed by atoms with Crippen LogP contribution >= 0.6 is 0 Å². The Morgan fingerprint density at radius 2 is 0.960 bits per heavy atom. The second-order valence-electron chi connectivity index (χ2n) is 29.9. The summed E-state index contributed by atoms with van der Waals surface area (Å²) in [6, 6.07) is 23.5. The molecular weight excluding hydrogens is 1670 g/mol. The Morgan fingerprint density at radius 3 is 1.49 bits per heavy atom. The van der Waals surface area contributed by atoms with Crippen molar-refractivity contribution < 1.29 is 110 Å². The van der Waals surface area contributed by atoms with Crippen LogP contribution in [0.4, 0.5) is 22.7 Å². The van der Waals surface area contributed by atoms with Crippen molar-refractivity contribution in [2.45, 2.75) is 101 Å². The molecule has 1 saturated heterocycles. The van der Waals surface area contributed by atoms with Gasteiger partial charge in [0.15, 0.2) is 5.96 Å². The number of aliphatic carboxylic acids is 4. The number of ether oxygens (including phenoxy) is 4. The highest BCUT2D eigenvalue weighted by atomic mass is 32.2. The highest BCUT2D eigenvalue weighted by molar-refractivity contribution is 7.89. The molecule has 44 heteroatoms. The quantitative estimate of drug-likeness (QED) is 0.0114. The van der Waals surface area contributed by atoms with E-state index in [1.807, 2.05) is 31.1 Å².